The van der Waals surface area contributed by atoms with E-state index in [1.54, 1.807) is 0 Å². The van der Waals surface area contributed by atoms with E-state index in [1.165, 1.54) is 22.3 Å². The maximum atomic E-state index is 12.9. The summed E-state index contributed by atoms with van der Waals surface area (Å²) in [5.41, 5.74) is 6.06. The Morgan fingerprint density at radius 3 is 1.89 bits per heavy atom. The van der Waals surface area contributed by atoms with Crippen molar-refractivity contribution in [3.05, 3.63) is 108 Å². The van der Waals surface area contributed by atoms with Gasteiger partial charge >= 0.3 is 0 Å². The predicted molar refractivity (Wildman–Crippen MR) is 112 cm³/mol. The Hall–Kier alpha value is -2.93. The van der Waals surface area contributed by atoms with Gasteiger partial charge in [-0.15, -0.1) is 0 Å². The molecule has 0 saturated carbocycles. The number of rotatable bonds is 5. The van der Waals surface area contributed by atoms with Gasteiger partial charge < -0.3 is 0 Å². The molecule has 3 aromatic rings. The van der Waals surface area contributed by atoms with Crippen LogP contribution in [0.1, 0.15) is 41.3 Å². The van der Waals surface area contributed by atoms with Gasteiger partial charge in [-0.3, -0.25) is 4.79 Å². The summed E-state index contributed by atoms with van der Waals surface area (Å²) in [4.78, 5) is 12.9. The fourth-order valence-corrected chi connectivity index (χ4v) is 4.25. The van der Waals surface area contributed by atoms with Crippen LogP contribution in [0.15, 0.2) is 91.0 Å². The first-order valence-electron chi connectivity index (χ1n) is 9.66. The molecule has 0 heterocycles. The molecule has 0 bridgehead atoms. The first kappa shape index (κ1) is 17.5. The first-order chi connectivity index (χ1) is 13.2. The molecule has 4 rings (SSSR count). The summed E-state index contributed by atoms with van der Waals surface area (Å²) in [6.45, 7) is 2.28. The molecule has 0 saturated heterocycles. The number of carbonyl (C=O) groups is 1. The van der Waals surface area contributed by atoms with Gasteiger partial charge in [0.25, 0.3) is 0 Å². The molecule has 2 atom stereocenters. The van der Waals surface area contributed by atoms with Crippen molar-refractivity contribution in [1.82, 2.24) is 0 Å². The van der Waals surface area contributed by atoms with Gasteiger partial charge in [0.2, 0.25) is 0 Å². The van der Waals surface area contributed by atoms with E-state index in [0.717, 1.165) is 12.0 Å². The second-order valence-corrected chi connectivity index (χ2v) is 7.41. The zero-order valence-electron chi connectivity index (χ0n) is 15.6. The van der Waals surface area contributed by atoms with Crippen LogP contribution in [0.5, 0.6) is 0 Å². The highest BCUT2D eigenvalue weighted by Crippen LogP contribution is 2.48. The quantitative estimate of drug-likeness (QED) is 0.477. The average Bonchev–Trinajstić information content (AvgIpc) is 3.06. The SMILES string of the molecule is C[C@H]1CC(c2ccccc2)=C(c2ccccc2)[C@H]1CC(=O)c1ccccc1. The smallest absolute Gasteiger partial charge is 0.163 e. The highest BCUT2D eigenvalue weighted by Gasteiger charge is 2.34. The normalized spacial score (nSPS) is 19.3. The number of hydrogen-bond acceptors (Lipinski definition) is 1. The summed E-state index contributed by atoms with van der Waals surface area (Å²) >= 11 is 0. The average molecular weight is 352 g/mol. The molecule has 1 aliphatic carbocycles. The van der Waals surface area contributed by atoms with Crippen molar-refractivity contribution in [2.24, 2.45) is 11.8 Å². The van der Waals surface area contributed by atoms with E-state index < -0.39 is 0 Å². The molecule has 3 aromatic carbocycles. The zero-order chi connectivity index (χ0) is 18.6. The largest absolute Gasteiger partial charge is 0.294 e. The lowest BCUT2D eigenvalue weighted by molar-refractivity contribution is 0.0963. The van der Waals surface area contributed by atoms with Gasteiger partial charge in [0.05, 0.1) is 0 Å². The van der Waals surface area contributed by atoms with Crippen molar-refractivity contribution < 1.29 is 4.79 Å². The standard InChI is InChI=1S/C26H24O/c1-19-17-24(20-11-5-2-6-12-20)26(22-15-9-4-10-16-22)23(19)18-25(27)21-13-7-3-8-14-21/h2-16,19,23H,17-18H2,1H3/t19-,23-/m0/s1. The number of hydrogen-bond donors (Lipinski definition) is 0. The van der Waals surface area contributed by atoms with Crippen LogP contribution in [-0.2, 0) is 0 Å². The molecule has 0 spiro atoms. The lowest BCUT2D eigenvalue weighted by Gasteiger charge is -2.20. The molecule has 0 aliphatic heterocycles. The molecule has 134 valence electrons. The number of Topliss-reactive ketones (excluding diaryl/α,β-unsaturated/α-hetero) is 1. The van der Waals surface area contributed by atoms with Crippen LogP contribution < -0.4 is 0 Å². The van der Waals surface area contributed by atoms with Crippen LogP contribution in [0.3, 0.4) is 0 Å². The van der Waals surface area contributed by atoms with E-state index in [-0.39, 0.29) is 11.7 Å². The summed E-state index contributed by atoms with van der Waals surface area (Å²) < 4.78 is 0. The van der Waals surface area contributed by atoms with Crippen molar-refractivity contribution in [2.75, 3.05) is 0 Å². The lowest BCUT2D eigenvalue weighted by atomic mass is 9.83. The Balaban J connectivity index is 1.75. The molecule has 1 heteroatoms. The summed E-state index contributed by atoms with van der Waals surface area (Å²) in [6, 6.07) is 30.9. The van der Waals surface area contributed by atoms with E-state index in [4.69, 9.17) is 0 Å². The second-order valence-electron chi connectivity index (χ2n) is 7.41. The van der Waals surface area contributed by atoms with Gasteiger partial charge in [-0.25, -0.2) is 0 Å². The van der Waals surface area contributed by atoms with Crippen molar-refractivity contribution >= 4 is 16.9 Å². The van der Waals surface area contributed by atoms with Crippen LogP contribution in [0.4, 0.5) is 0 Å². The maximum absolute atomic E-state index is 12.9. The molecule has 0 aromatic heterocycles. The minimum atomic E-state index is 0.232. The first-order valence-corrected chi connectivity index (χ1v) is 9.66. The topological polar surface area (TPSA) is 17.1 Å². The van der Waals surface area contributed by atoms with Crippen LogP contribution in [0.25, 0.3) is 11.1 Å². The van der Waals surface area contributed by atoms with E-state index >= 15 is 0 Å². The highest BCUT2D eigenvalue weighted by atomic mass is 16.1. The molecule has 27 heavy (non-hydrogen) atoms. The second kappa shape index (κ2) is 7.75. The third kappa shape index (κ3) is 3.64. The van der Waals surface area contributed by atoms with E-state index in [1.807, 2.05) is 30.3 Å². The zero-order valence-corrected chi connectivity index (χ0v) is 15.6. The van der Waals surface area contributed by atoms with Crippen molar-refractivity contribution in [2.45, 2.75) is 19.8 Å². The van der Waals surface area contributed by atoms with E-state index in [2.05, 4.69) is 67.6 Å². The minimum absolute atomic E-state index is 0.232. The van der Waals surface area contributed by atoms with Gasteiger partial charge in [-0.2, -0.15) is 0 Å². The number of allylic oxidation sites excluding steroid dienone is 2. The Kier molecular flexibility index (Phi) is 5.02. The number of ketones is 1. The molecular formula is C26H24O. The van der Waals surface area contributed by atoms with Crippen LogP contribution in [0.2, 0.25) is 0 Å². The molecule has 0 unspecified atom stereocenters. The van der Waals surface area contributed by atoms with E-state index in [0.29, 0.717) is 12.3 Å². The van der Waals surface area contributed by atoms with Gasteiger partial charge in [0.1, 0.15) is 0 Å². The molecule has 0 N–H and O–H groups in total. The summed E-state index contributed by atoms with van der Waals surface area (Å²) in [7, 11) is 0. The molecule has 0 fully saturated rings. The fraction of sp³-hybridized carbons (Fsp3) is 0.192. The Bertz CT molecular complexity index is 939. The van der Waals surface area contributed by atoms with Crippen molar-refractivity contribution in [3.8, 4) is 0 Å². The maximum Gasteiger partial charge on any atom is 0.163 e. The number of carbonyl (C=O) groups excluding carboxylic acids is 1. The van der Waals surface area contributed by atoms with Crippen LogP contribution >= 0.6 is 0 Å². The van der Waals surface area contributed by atoms with Crippen LogP contribution in [0, 0.1) is 11.8 Å². The molecule has 0 amide bonds. The lowest BCUT2D eigenvalue weighted by Crippen LogP contribution is -2.14. The number of benzene rings is 3. The Morgan fingerprint density at radius 1 is 0.778 bits per heavy atom. The van der Waals surface area contributed by atoms with Gasteiger partial charge in [-0.05, 0) is 40.5 Å². The Labute approximate surface area is 161 Å². The molecule has 0 radical (unpaired) electrons. The van der Waals surface area contributed by atoms with Crippen molar-refractivity contribution in [1.29, 1.82) is 0 Å². The molecule has 1 nitrogen and oxygen atoms in total. The summed E-state index contributed by atoms with van der Waals surface area (Å²) in [5.74, 6) is 0.925. The third-order valence-electron chi connectivity index (χ3n) is 5.62. The van der Waals surface area contributed by atoms with Gasteiger partial charge in [0.15, 0.2) is 5.78 Å². The summed E-state index contributed by atoms with van der Waals surface area (Å²) in [5, 5.41) is 0. The minimum Gasteiger partial charge on any atom is -0.294 e. The van der Waals surface area contributed by atoms with Crippen LogP contribution in [-0.4, -0.2) is 5.78 Å². The highest BCUT2D eigenvalue weighted by molar-refractivity contribution is 6.00. The fourth-order valence-electron chi connectivity index (χ4n) is 4.25. The summed E-state index contributed by atoms with van der Waals surface area (Å²) in [6.07, 6.45) is 1.58. The predicted octanol–water partition coefficient (Wildman–Crippen LogP) is 6.53. The molecule has 1 aliphatic rings. The van der Waals surface area contributed by atoms with Gasteiger partial charge in [-0.1, -0.05) is 97.9 Å². The van der Waals surface area contributed by atoms with Gasteiger partial charge in [0, 0.05) is 12.0 Å². The molecular weight excluding hydrogens is 328 g/mol. The monoisotopic (exact) mass is 352 g/mol. The third-order valence-corrected chi connectivity index (χ3v) is 5.62. The Morgan fingerprint density at radius 2 is 1.30 bits per heavy atom. The van der Waals surface area contributed by atoms with E-state index in [9.17, 15) is 4.79 Å². The van der Waals surface area contributed by atoms with Crippen molar-refractivity contribution in [3.63, 3.8) is 0 Å².